The third-order valence-corrected chi connectivity index (χ3v) is 5.75. The first-order valence-corrected chi connectivity index (χ1v) is 10.4. The van der Waals surface area contributed by atoms with E-state index in [1.807, 2.05) is 60.7 Å². The van der Waals surface area contributed by atoms with Crippen LogP contribution < -0.4 is 15.0 Å². The summed E-state index contributed by atoms with van der Waals surface area (Å²) in [5.74, 6) is 1.23. The zero-order valence-corrected chi connectivity index (χ0v) is 17.3. The number of hydrogen-bond donors (Lipinski definition) is 1. The SMILES string of the molecule is CC1CCN(c2ccc(NC(=O)COc3ccc4ccccc4c3)cc2Cl)CC1. The first kappa shape index (κ1) is 19.6. The summed E-state index contributed by atoms with van der Waals surface area (Å²) < 4.78 is 5.65. The first-order valence-electron chi connectivity index (χ1n) is 10.0. The van der Waals surface area contributed by atoms with Gasteiger partial charge in [-0.2, -0.15) is 0 Å². The summed E-state index contributed by atoms with van der Waals surface area (Å²) in [7, 11) is 0. The van der Waals surface area contributed by atoms with E-state index in [1.165, 1.54) is 12.8 Å². The highest BCUT2D eigenvalue weighted by Gasteiger charge is 2.18. The minimum Gasteiger partial charge on any atom is -0.484 e. The number of halogens is 1. The number of fused-ring (bicyclic) bond motifs is 1. The van der Waals surface area contributed by atoms with E-state index in [4.69, 9.17) is 16.3 Å². The minimum absolute atomic E-state index is 0.0538. The smallest absolute Gasteiger partial charge is 0.262 e. The number of rotatable bonds is 5. The van der Waals surface area contributed by atoms with Gasteiger partial charge in [0.15, 0.2) is 6.61 Å². The molecular weight excluding hydrogens is 384 g/mol. The average molecular weight is 409 g/mol. The van der Waals surface area contributed by atoms with Gasteiger partial charge in [-0.25, -0.2) is 0 Å². The van der Waals surface area contributed by atoms with Crippen molar-refractivity contribution in [1.29, 1.82) is 0 Å². The van der Waals surface area contributed by atoms with Crippen LogP contribution in [0, 0.1) is 5.92 Å². The molecule has 5 heteroatoms. The van der Waals surface area contributed by atoms with Gasteiger partial charge in [0.05, 0.1) is 10.7 Å². The molecule has 3 aromatic carbocycles. The second kappa shape index (κ2) is 8.75. The van der Waals surface area contributed by atoms with Gasteiger partial charge in [-0.05, 0) is 59.9 Å². The van der Waals surface area contributed by atoms with E-state index in [0.717, 1.165) is 35.5 Å². The summed E-state index contributed by atoms with van der Waals surface area (Å²) >= 11 is 6.49. The molecule has 1 saturated heterocycles. The van der Waals surface area contributed by atoms with Gasteiger partial charge >= 0.3 is 0 Å². The van der Waals surface area contributed by atoms with Crippen molar-refractivity contribution in [2.24, 2.45) is 5.92 Å². The number of carbonyl (C=O) groups is 1. The summed E-state index contributed by atoms with van der Waals surface area (Å²) in [6.07, 6.45) is 2.36. The fourth-order valence-electron chi connectivity index (χ4n) is 3.69. The van der Waals surface area contributed by atoms with E-state index in [1.54, 1.807) is 0 Å². The number of carbonyl (C=O) groups excluding carboxylic acids is 1. The van der Waals surface area contributed by atoms with Gasteiger partial charge in [-0.15, -0.1) is 0 Å². The van der Waals surface area contributed by atoms with Crippen LogP contribution in [-0.2, 0) is 4.79 Å². The van der Waals surface area contributed by atoms with Gasteiger partial charge in [0.2, 0.25) is 0 Å². The Bertz CT molecular complexity index is 1010. The number of nitrogens with one attached hydrogen (secondary N) is 1. The average Bonchev–Trinajstić information content (AvgIpc) is 2.73. The molecule has 0 aromatic heterocycles. The number of ether oxygens (including phenoxy) is 1. The van der Waals surface area contributed by atoms with Crippen LogP contribution in [0.1, 0.15) is 19.8 Å². The number of benzene rings is 3. The highest BCUT2D eigenvalue weighted by molar-refractivity contribution is 6.33. The zero-order valence-electron chi connectivity index (χ0n) is 16.5. The van der Waals surface area contributed by atoms with Crippen LogP contribution >= 0.6 is 11.6 Å². The third kappa shape index (κ3) is 4.83. The zero-order chi connectivity index (χ0) is 20.2. The maximum atomic E-state index is 12.3. The van der Waals surface area contributed by atoms with Crippen LogP contribution in [0.5, 0.6) is 5.75 Å². The molecule has 1 heterocycles. The number of nitrogens with zero attached hydrogens (tertiary/aromatic N) is 1. The number of anilines is 2. The standard InChI is InChI=1S/C24H25ClN2O2/c1-17-10-12-27(13-11-17)23-9-7-20(15-22(23)25)26-24(28)16-29-21-8-6-18-4-2-3-5-19(18)14-21/h2-9,14-15,17H,10-13,16H2,1H3,(H,26,28). The van der Waals surface area contributed by atoms with Crippen LogP contribution in [-0.4, -0.2) is 25.6 Å². The molecule has 4 nitrogen and oxygen atoms in total. The summed E-state index contributed by atoms with van der Waals surface area (Å²) in [4.78, 5) is 14.6. The third-order valence-electron chi connectivity index (χ3n) is 5.45. The highest BCUT2D eigenvalue weighted by Crippen LogP contribution is 2.31. The van der Waals surface area contributed by atoms with Crippen molar-refractivity contribution >= 4 is 39.7 Å². The fourth-order valence-corrected chi connectivity index (χ4v) is 3.99. The van der Waals surface area contributed by atoms with Gasteiger partial charge in [0.25, 0.3) is 5.91 Å². The Morgan fingerprint density at radius 1 is 1.07 bits per heavy atom. The van der Waals surface area contributed by atoms with E-state index in [9.17, 15) is 4.79 Å². The molecule has 29 heavy (non-hydrogen) atoms. The molecule has 1 aliphatic heterocycles. The lowest BCUT2D eigenvalue weighted by Gasteiger charge is -2.32. The normalized spacial score (nSPS) is 14.8. The quantitative estimate of drug-likeness (QED) is 0.584. The van der Waals surface area contributed by atoms with Crippen LogP contribution in [0.2, 0.25) is 5.02 Å². The molecule has 0 atom stereocenters. The Morgan fingerprint density at radius 2 is 1.83 bits per heavy atom. The lowest BCUT2D eigenvalue weighted by molar-refractivity contribution is -0.118. The number of amides is 1. The van der Waals surface area contributed by atoms with Crippen molar-refractivity contribution in [3.8, 4) is 5.75 Å². The molecule has 150 valence electrons. The maximum absolute atomic E-state index is 12.3. The molecule has 0 saturated carbocycles. The second-order valence-corrected chi connectivity index (χ2v) is 8.09. The predicted octanol–water partition coefficient (Wildman–Crippen LogP) is 5.75. The van der Waals surface area contributed by atoms with E-state index < -0.39 is 0 Å². The van der Waals surface area contributed by atoms with Gasteiger partial charge in [-0.1, -0.05) is 48.9 Å². The van der Waals surface area contributed by atoms with Gasteiger partial charge in [-0.3, -0.25) is 4.79 Å². The van der Waals surface area contributed by atoms with Gasteiger partial charge in [0.1, 0.15) is 5.75 Å². The fraction of sp³-hybridized carbons (Fsp3) is 0.292. The Kier molecular flexibility index (Phi) is 5.91. The van der Waals surface area contributed by atoms with Crippen molar-refractivity contribution in [1.82, 2.24) is 0 Å². The molecule has 4 rings (SSSR count). The molecule has 0 aliphatic carbocycles. The second-order valence-electron chi connectivity index (χ2n) is 7.68. The van der Waals surface area contributed by atoms with Crippen LogP contribution in [0.15, 0.2) is 60.7 Å². The largest absolute Gasteiger partial charge is 0.484 e. The molecule has 0 radical (unpaired) electrons. The summed E-state index contributed by atoms with van der Waals surface area (Å²) in [6, 6.07) is 19.5. The summed E-state index contributed by atoms with van der Waals surface area (Å²) in [6.45, 7) is 4.28. The Hall–Kier alpha value is -2.72. The first-order chi connectivity index (χ1) is 14.1. The monoisotopic (exact) mass is 408 g/mol. The Balaban J connectivity index is 1.34. The van der Waals surface area contributed by atoms with Crippen LogP contribution in [0.3, 0.4) is 0 Å². The maximum Gasteiger partial charge on any atom is 0.262 e. The molecular formula is C24H25ClN2O2. The van der Waals surface area contributed by atoms with Crippen molar-refractivity contribution < 1.29 is 9.53 Å². The molecule has 1 fully saturated rings. The van der Waals surface area contributed by atoms with Crippen LogP contribution in [0.4, 0.5) is 11.4 Å². The lowest BCUT2D eigenvalue weighted by Crippen LogP contribution is -2.32. The van der Waals surface area contributed by atoms with Crippen molar-refractivity contribution in [3.63, 3.8) is 0 Å². The van der Waals surface area contributed by atoms with Gasteiger partial charge < -0.3 is 15.0 Å². The van der Waals surface area contributed by atoms with E-state index in [0.29, 0.717) is 16.5 Å². The van der Waals surface area contributed by atoms with E-state index >= 15 is 0 Å². The highest BCUT2D eigenvalue weighted by atomic mass is 35.5. The Morgan fingerprint density at radius 3 is 2.59 bits per heavy atom. The summed E-state index contributed by atoms with van der Waals surface area (Å²) in [5, 5.41) is 5.74. The minimum atomic E-state index is -0.214. The molecule has 1 aliphatic rings. The molecule has 3 aromatic rings. The molecule has 0 unspecified atom stereocenters. The molecule has 0 bridgehead atoms. The summed E-state index contributed by atoms with van der Waals surface area (Å²) in [5.41, 5.74) is 1.71. The molecule has 0 spiro atoms. The van der Waals surface area contributed by atoms with Crippen LogP contribution in [0.25, 0.3) is 10.8 Å². The molecule has 1 amide bonds. The van der Waals surface area contributed by atoms with Gasteiger partial charge in [0, 0.05) is 18.8 Å². The Labute approximate surface area is 176 Å². The number of piperidine rings is 1. The van der Waals surface area contributed by atoms with E-state index in [-0.39, 0.29) is 12.5 Å². The van der Waals surface area contributed by atoms with E-state index in [2.05, 4.69) is 17.1 Å². The lowest BCUT2D eigenvalue weighted by atomic mass is 9.99. The molecule has 1 N–H and O–H groups in total. The van der Waals surface area contributed by atoms with Crippen molar-refractivity contribution in [3.05, 3.63) is 65.7 Å². The predicted molar refractivity (Wildman–Crippen MR) is 120 cm³/mol. The topological polar surface area (TPSA) is 41.6 Å². The van der Waals surface area contributed by atoms with Crippen molar-refractivity contribution in [2.75, 3.05) is 29.9 Å². The number of hydrogen-bond acceptors (Lipinski definition) is 3. The van der Waals surface area contributed by atoms with Crippen molar-refractivity contribution in [2.45, 2.75) is 19.8 Å².